The highest BCUT2D eigenvalue weighted by molar-refractivity contribution is 8.13. The maximum atomic E-state index is 11.0. The number of para-hydroxylation sites is 2. The highest BCUT2D eigenvalue weighted by Crippen LogP contribution is 2.27. The van der Waals surface area contributed by atoms with Crippen LogP contribution in [-0.4, -0.2) is 18.2 Å². The van der Waals surface area contributed by atoms with Crippen LogP contribution in [0.3, 0.4) is 0 Å². The van der Waals surface area contributed by atoms with Crippen molar-refractivity contribution in [2.24, 2.45) is 16.5 Å². The van der Waals surface area contributed by atoms with Crippen LogP contribution < -0.4 is 16.2 Å². The zero-order chi connectivity index (χ0) is 15.9. The number of halogens is 1. The highest BCUT2D eigenvalue weighted by Gasteiger charge is 2.03. The molecule has 23 heavy (non-hydrogen) atoms. The summed E-state index contributed by atoms with van der Waals surface area (Å²) < 4.78 is 5.23. The van der Waals surface area contributed by atoms with Gasteiger partial charge in [-0.2, -0.15) is 0 Å². The molecule has 5 nitrogen and oxygen atoms in total. The number of benzene rings is 2. The molecule has 0 fully saturated rings. The SMILES string of the molecule is COc1ccccc1N=C(N)SCc1ccc(C(N)=O)cc1.Cl. The molecule has 1 amide bonds. The maximum Gasteiger partial charge on any atom is 0.248 e. The Morgan fingerprint density at radius 3 is 2.39 bits per heavy atom. The molecule has 0 atom stereocenters. The first-order chi connectivity index (χ1) is 10.6. The first-order valence-electron chi connectivity index (χ1n) is 6.59. The average Bonchev–Trinajstić information content (AvgIpc) is 2.54. The van der Waals surface area contributed by atoms with E-state index in [4.69, 9.17) is 16.2 Å². The molecule has 0 bridgehead atoms. The Hall–Kier alpha value is -2.18. The minimum atomic E-state index is -0.434. The van der Waals surface area contributed by atoms with E-state index in [1.54, 1.807) is 19.2 Å². The second-order valence-electron chi connectivity index (χ2n) is 4.47. The largest absolute Gasteiger partial charge is 0.494 e. The minimum Gasteiger partial charge on any atom is -0.494 e. The number of nitrogens with zero attached hydrogens (tertiary/aromatic N) is 1. The van der Waals surface area contributed by atoms with Gasteiger partial charge in [-0.25, -0.2) is 4.99 Å². The lowest BCUT2D eigenvalue weighted by atomic mass is 10.1. The third kappa shape index (κ3) is 5.50. The second-order valence-corrected chi connectivity index (χ2v) is 5.47. The lowest BCUT2D eigenvalue weighted by molar-refractivity contribution is 0.100. The number of hydrogen-bond donors (Lipinski definition) is 2. The molecule has 7 heteroatoms. The normalized spacial score (nSPS) is 10.7. The molecular weight excluding hydrogens is 334 g/mol. The fraction of sp³-hybridized carbons (Fsp3) is 0.125. The summed E-state index contributed by atoms with van der Waals surface area (Å²) in [6, 6.07) is 14.5. The van der Waals surface area contributed by atoms with Crippen LogP contribution in [0.15, 0.2) is 53.5 Å². The number of aliphatic imine (C=N–C) groups is 1. The lowest BCUT2D eigenvalue weighted by Crippen LogP contribution is -2.10. The van der Waals surface area contributed by atoms with Crippen LogP contribution in [0.2, 0.25) is 0 Å². The predicted octanol–water partition coefficient (Wildman–Crippen LogP) is 3.10. The molecule has 2 aromatic rings. The first-order valence-corrected chi connectivity index (χ1v) is 7.57. The number of ether oxygens (including phenoxy) is 1. The summed E-state index contributed by atoms with van der Waals surface area (Å²) in [5, 5.41) is 0.448. The van der Waals surface area contributed by atoms with Gasteiger partial charge in [0, 0.05) is 11.3 Å². The number of amidine groups is 1. The molecule has 0 saturated carbocycles. The average molecular weight is 352 g/mol. The van der Waals surface area contributed by atoms with Crippen molar-refractivity contribution in [3.63, 3.8) is 0 Å². The van der Waals surface area contributed by atoms with E-state index in [1.165, 1.54) is 11.8 Å². The van der Waals surface area contributed by atoms with Crippen molar-refractivity contribution in [3.05, 3.63) is 59.7 Å². The van der Waals surface area contributed by atoms with Crippen LogP contribution in [0.4, 0.5) is 5.69 Å². The Bertz CT molecular complexity index is 690. The second kappa shape index (κ2) is 9.07. The number of rotatable bonds is 5. The van der Waals surface area contributed by atoms with Crippen molar-refractivity contribution >= 4 is 40.9 Å². The molecule has 4 N–H and O–H groups in total. The number of hydrogen-bond acceptors (Lipinski definition) is 4. The van der Waals surface area contributed by atoms with Crippen LogP contribution >= 0.6 is 24.2 Å². The summed E-state index contributed by atoms with van der Waals surface area (Å²) in [6.45, 7) is 0. The summed E-state index contributed by atoms with van der Waals surface area (Å²) in [4.78, 5) is 15.4. The number of carbonyl (C=O) groups is 1. The van der Waals surface area contributed by atoms with E-state index >= 15 is 0 Å². The fourth-order valence-electron chi connectivity index (χ4n) is 1.80. The number of amides is 1. The van der Waals surface area contributed by atoms with E-state index in [0.717, 1.165) is 5.56 Å². The molecule has 0 aliphatic carbocycles. The predicted molar refractivity (Wildman–Crippen MR) is 97.8 cm³/mol. The summed E-state index contributed by atoms with van der Waals surface area (Å²) in [5.41, 5.74) is 13.4. The molecule has 0 aliphatic heterocycles. The maximum absolute atomic E-state index is 11.0. The molecular formula is C16H18ClN3O2S. The van der Waals surface area contributed by atoms with E-state index in [-0.39, 0.29) is 12.4 Å². The van der Waals surface area contributed by atoms with Crippen molar-refractivity contribution in [2.45, 2.75) is 5.75 Å². The number of methoxy groups -OCH3 is 1. The van der Waals surface area contributed by atoms with Gasteiger partial charge in [-0.1, -0.05) is 36.0 Å². The number of nitrogens with two attached hydrogens (primary N) is 2. The minimum absolute atomic E-state index is 0. The van der Waals surface area contributed by atoms with E-state index in [1.807, 2.05) is 36.4 Å². The Morgan fingerprint density at radius 1 is 1.13 bits per heavy atom. The van der Waals surface area contributed by atoms with Gasteiger partial charge in [0.15, 0.2) is 5.17 Å². The Morgan fingerprint density at radius 2 is 1.78 bits per heavy atom. The van der Waals surface area contributed by atoms with E-state index in [0.29, 0.717) is 27.9 Å². The van der Waals surface area contributed by atoms with Gasteiger partial charge in [0.25, 0.3) is 0 Å². The van der Waals surface area contributed by atoms with Crippen molar-refractivity contribution in [3.8, 4) is 5.75 Å². The third-order valence-electron chi connectivity index (χ3n) is 2.94. The smallest absolute Gasteiger partial charge is 0.248 e. The van der Waals surface area contributed by atoms with Gasteiger partial charge in [0.2, 0.25) is 5.91 Å². The highest BCUT2D eigenvalue weighted by atomic mass is 35.5. The van der Waals surface area contributed by atoms with Gasteiger partial charge in [-0.15, -0.1) is 12.4 Å². The monoisotopic (exact) mass is 351 g/mol. The quantitative estimate of drug-likeness (QED) is 0.639. The molecule has 2 aromatic carbocycles. The van der Waals surface area contributed by atoms with Crippen LogP contribution in [0.5, 0.6) is 5.75 Å². The summed E-state index contributed by atoms with van der Waals surface area (Å²) in [7, 11) is 1.60. The van der Waals surface area contributed by atoms with Crippen LogP contribution in [0, 0.1) is 0 Å². The van der Waals surface area contributed by atoms with Crippen LogP contribution in [0.25, 0.3) is 0 Å². The molecule has 0 saturated heterocycles. The standard InChI is InChI=1S/C16H17N3O2S.ClH/c1-21-14-5-3-2-4-13(14)19-16(18)22-10-11-6-8-12(9-7-11)15(17)20;/h2-9H,10H2,1H3,(H2,17,20)(H2,18,19);1H. The summed E-state index contributed by atoms with van der Waals surface area (Å²) >= 11 is 1.41. The van der Waals surface area contributed by atoms with Crippen LogP contribution in [0.1, 0.15) is 15.9 Å². The van der Waals surface area contributed by atoms with Gasteiger partial charge in [0.05, 0.1) is 7.11 Å². The number of thioether (sulfide) groups is 1. The molecule has 0 aliphatic rings. The van der Waals surface area contributed by atoms with E-state index in [2.05, 4.69) is 4.99 Å². The fourth-order valence-corrected chi connectivity index (χ4v) is 2.47. The third-order valence-corrected chi connectivity index (χ3v) is 3.81. The van der Waals surface area contributed by atoms with Gasteiger partial charge in [0.1, 0.15) is 11.4 Å². The van der Waals surface area contributed by atoms with Gasteiger partial charge >= 0.3 is 0 Å². The number of primary amides is 1. The van der Waals surface area contributed by atoms with Gasteiger partial charge in [-0.3, -0.25) is 4.79 Å². The van der Waals surface area contributed by atoms with Gasteiger partial charge in [-0.05, 0) is 29.8 Å². The van der Waals surface area contributed by atoms with Crippen molar-refractivity contribution in [1.29, 1.82) is 0 Å². The zero-order valence-electron chi connectivity index (χ0n) is 12.6. The Kier molecular flexibility index (Phi) is 7.44. The Balaban J connectivity index is 0.00000264. The molecule has 2 rings (SSSR count). The Labute approximate surface area is 145 Å². The lowest BCUT2D eigenvalue weighted by Gasteiger charge is -2.05. The summed E-state index contributed by atoms with van der Waals surface area (Å²) in [5.74, 6) is 0.900. The molecule has 0 aromatic heterocycles. The van der Waals surface area contributed by atoms with E-state index in [9.17, 15) is 4.79 Å². The van der Waals surface area contributed by atoms with Crippen molar-refractivity contribution in [2.75, 3.05) is 7.11 Å². The van der Waals surface area contributed by atoms with Crippen molar-refractivity contribution < 1.29 is 9.53 Å². The molecule has 122 valence electrons. The number of carbonyl (C=O) groups excluding carboxylic acids is 1. The molecule has 0 spiro atoms. The van der Waals surface area contributed by atoms with Crippen molar-refractivity contribution in [1.82, 2.24) is 0 Å². The summed E-state index contributed by atoms with van der Waals surface area (Å²) in [6.07, 6.45) is 0. The van der Waals surface area contributed by atoms with Crippen LogP contribution in [-0.2, 0) is 5.75 Å². The topological polar surface area (TPSA) is 90.7 Å². The first kappa shape index (κ1) is 18.9. The molecule has 0 unspecified atom stereocenters. The molecule has 0 radical (unpaired) electrons. The van der Waals surface area contributed by atoms with Gasteiger partial charge < -0.3 is 16.2 Å². The molecule has 0 heterocycles. The van der Waals surface area contributed by atoms with E-state index < -0.39 is 5.91 Å². The zero-order valence-corrected chi connectivity index (χ0v) is 14.2.